The van der Waals surface area contributed by atoms with E-state index in [9.17, 15) is 18.0 Å². The van der Waals surface area contributed by atoms with Crippen molar-refractivity contribution < 1.29 is 18.0 Å². The van der Waals surface area contributed by atoms with E-state index >= 15 is 0 Å². The molecule has 0 fully saturated rings. The predicted molar refractivity (Wildman–Crippen MR) is 99.6 cm³/mol. The first-order valence-corrected chi connectivity index (χ1v) is 9.31. The van der Waals surface area contributed by atoms with E-state index in [4.69, 9.17) is 0 Å². The number of rotatable bonds is 6. The van der Waals surface area contributed by atoms with Gasteiger partial charge in [0, 0.05) is 31.9 Å². The summed E-state index contributed by atoms with van der Waals surface area (Å²) >= 11 is 0. The number of nitrogens with zero attached hydrogens (tertiary/aromatic N) is 1. The van der Waals surface area contributed by atoms with Crippen molar-refractivity contribution in [3.05, 3.63) is 59.7 Å². The monoisotopic (exact) mass is 375 g/mol. The minimum atomic E-state index is -3.47. The second kappa shape index (κ2) is 8.11. The number of amides is 2. The Morgan fingerprint density at radius 1 is 0.962 bits per heavy atom. The average molecular weight is 375 g/mol. The van der Waals surface area contributed by atoms with Crippen LogP contribution < -0.4 is 10.6 Å². The molecule has 0 aromatic heterocycles. The van der Waals surface area contributed by atoms with Crippen LogP contribution in [0.1, 0.15) is 22.8 Å². The van der Waals surface area contributed by atoms with Crippen LogP contribution >= 0.6 is 0 Å². The summed E-state index contributed by atoms with van der Waals surface area (Å²) in [4.78, 5) is 23.3. The minimum Gasteiger partial charge on any atom is -0.334 e. The van der Waals surface area contributed by atoms with Crippen LogP contribution in [-0.2, 0) is 16.6 Å². The van der Waals surface area contributed by atoms with Crippen LogP contribution in [0.25, 0.3) is 0 Å². The van der Waals surface area contributed by atoms with Gasteiger partial charge in [-0.15, -0.1) is 0 Å². The van der Waals surface area contributed by atoms with Gasteiger partial charge < -0.3 is 10.6 Å². The zero-order valence-corrected chi connectivity index (χ0v) is 15.6. The fourth-order valence-electron chi connectivity index (χ4n) is 2.14. The van der Waals surface area contributed by atoms with Crippen molar-refractivity contribution in [2.75, 3.05) is 19.4 Å². The van der Waals surface area contributed by atoms with Crippen LogP contribution in [0.3, 0.4) is 0 Å². The highest BCUT2D eigenvalue weighted by atomic mass is 32.2. The number of hydrogen-bond donors (Lipinski definition) is 2. The van der Waals surface area contributed by atoms with Crippen molar-refractivity contribution in [3.63, 3.8) is 0 Å². The Morgan fingerprint density at radius 3 is 2.04 bits per heavy atom. The molecular formula is C18H21N3O4S. The number of carbonyl (C=O) groups excluding carboxylic acids is 2. The third-order valence-electron chi connectivity index (χ3n) is 3.70. The molecule has 8 heteroatoms. The molecule has 0 aliphatic rings. The minimum absolute atomic E-state index is 0.0410. The maximum absolute atomic E-state index is 12.0. The Morgan fingerprint density at radius 2 is 1.54 bits per heavy atom. The fourth-order valence-corrected chi connectivity index (χ4v) is 3.04. The Labute approximate surface area is 153 Å². The molecule has 0 spiro atoms. The molecule has 0 radical (unpaired) electrons. The first-order chi connectivity index (χ1) is 12.2. The summed E-state index contributed by atoms with van der Waals surface area (Å²) in [6, 6.07) is 12.5. The number of sulfonamides is 1. The van der Waals surface area contributed by atoms with E-state index in [-0.39, 0.29) is 17.2 Å². The van der Waals surface area contributed by atoms with Crippen LogP contribution in [0, 0.1) is 0 Å². The topological polar surface area (TPSA) is 95.6 Å². The van der Waals surface area contributed by atoms with Gasteiger partial charge in [0.05, 0.1) is 4.90 Å². The van der Waals surface area contributed by atoms with Crippen LogP contribution in [0.15, 0.2) is 53.4 Å². The quantitative estimate of drug-likeness (QED) is 0.758. The lowest BCUT2D eigenvalue weighted by Gasteiger charge is -2.12. The van der Waals surface area contributed by atoms with Gasteiger partial charge in [-0.05, 0) is 48.9 Å². The highest BCUT2D eigenvalue weighted by Crippen LogP contribution is 2.14. The van der Waals surface area contributed by atoms with E-state index in [0.717, 1.165) is 9.87 Å². The van der Waals surface area contributed by atoms with Crippen LogP contribution in [0.5, 0.6) is 0 Å². The van der Waals surface area contributed by atoms with Crippen LogP contribution in [0.4, 0.5) is 10.5 Å². The van der Waals surface area contributed by atoms with E-state index < -0.39 is 16.1 Å². The summed E-state index contributed by atoms with van der Waals surface area (Å²) in [5.41, 5.74) is 1.91. The van der Waals surface area contributed by atoms with Gasteiger partial charge in [-0.1, -0.05) is 12.1 Å². The molecule has 0 saturated heterocycles. The first-order valence-electron chi connectivity index (χ1n) is 7.87. The third-order valence-corrected chi connectivity index (χ3v) is 5.53. The number of hydrogen-bond acceptors (Lipinski definition) is 4. The van der Waals surface area contributed by atoms with Gasteiger partial charge in [0.15, 0.2) is 5.78 Å². The Kier molecular flexibility index (Phi) is 6.12. The summed E-state index contributed by atoms with van der Waals surface area (Å²) in [7, 11) is -0.525. The molecule has 0 aliphatic heterocycles. The zero-order chi connectivity index (χ0) is 19.3. The van der Waals surface area contributed by atoms with E-state index in [0.29, 0.717) is 11.3 Å². The Bertz CT molecular complexity index is 889. The van der Waals surface area contributed by atoms with E-state index in [1.54, 1.807) is 36.4 Å². The number of ketones is 1. The van der Waals surface area contributed by atoms with Crippen molar-refractivity contribution in [2.45, 2.75) is 18.4 Å². The molecule has 0 aliphatic carbocycles. The molecule has 2 amide bonds. The zero-order valence-electron chi connectivity index (χ0n) is 14.8. The fraction of sp³-hybridized carbons (Fsp3) is 0.222. The summed E-state index contributed by atoms with van der Waals surface area (Å²) in [5, 5.41) is 5.35. The van der Waals surface area contributed by atoms with Gasteiger partial charge in [-0.25, -0.2) is 17.5 Å². The molecule has 26 heavy (non-hydrogen) atoms. The first kappa shape index (κ1) is 19.6. The standard InChI is InChI=1S/C18H21N3O4S/c1-13(22)15-6-8-16(9-7-15)20-18(23)19-12-14-4-10-17(11-5-14)26(24,25)21(2)3/h4-11H,12H2,1-3H3,(H2,19,20,23). The maximum atomic E-state index is 12.0. The van der Waals surface area contributed by atoms with Gasteiger partial charge in [-0.3, -0.25) is 4.79 Å². The molecule has 2 aromatic carbocycles. The number of urea groups is 1. The van der Waals surface area contributed by atoms with E-state index in [1.165, 1.54) is 33.2 Å². The highest BCUT2D eigenvalue weighted by Gasteiger charge is 2.16. The maximum Gasteiger partial charge on any atom is 0.319 e. The van der Waals surface area contributed by atoms with Crippen molar-refractivity contribution in [3.8, 4) is 0 Å². The normalized spacial score (nSPS) is 11.2. The lowest BCUT2D eigenvalue weighted by Crippen LogP contribution is -2.28. The smallest absolute Gasteiger partial charge is 0.319 e. The molecule has 0 atom stereocenters. The molecule has 0 heterocycles. The largest absolute Gasteiger partial charge is 0.334 e. The molecule has 7 nitrogen and oxygen atoms in total. The Hall–Kier alpha value is -2.71. The van der Waals surface area contributed by atoms with E-state index in [1.807, 2.05) is 0 Å². The van der Waals surface area contributed by atoms with Crippen molar-refractivity contribution in [2.24, 2.45) is 0 Å². The van der Waals surface area contributed by atoms with Gasteiger partial charge in [-0.2, -0.15) is 0 Å². The number of Topliss-reactive ketones (excluding diaryl/α,β-unsaturated/α-hetero) is 1. The molecule has 2 N–H and O–H groups in total. The lowest BCUT2D eigenvalue weighted by molar-refractivity contribution is 0.101. The summed E-state index contributed by atoms with van der Waals surface area (Å²) in [6.45, 7) is 1.73. The van der Waals surface area contributed by atoms with Gasteiger partial charge in [0.2, 0.25) is 10.0 Å². The molecule has 0 saturated carbocycles. The summed E-state index contributed by atoms with van der Waals surface area (Å²) in [5.74, 6) is -0.0410. The Balaban J connectivity index is 1.92. The van der Waals surface area contributed by atoms with E-state index in [2.05, 4.69) is 10.6 Å². The predicted octanol–water partition coefficient (Wildman–Crippen LogP) is 2.46. The van der Waals surface area contributed by atoms with Crippen LogP contribution in [-0.4, -0.2) is 38.6 Å². The molecule has 2 aromatic rings. The SMILES string of the molecule is CC(=O)c1ccc(NC(=O)NCc2ccc(S(=O)(=O)N(C)C)cc2)cc1. The molecule has 138 valence electrons. The summed E-state index contributed by atoms with van der Waals surface area (Å²) < 4.78 is 25.2. The molecule has 2 rings (SSSR count). The van der Waals surface area contributed by atoms with Crippen molar-refractivity contribution >= 4 is 27.5 Å². The van der Waals surface area contributed by atoms with Crippen LogP contribution in [0.2, 0.25) is 0 Å². The average Bonchev–Trinajstić information content (AvgIpc) is 2.60. The molecule has 0 bridgehead atoms. The second-order valence-electron chi connectivity index (χ2n) is 5.87. The highest BCUT2D eigenvalue weighted by molar-refractivity contribution is 7.89. The van der Waals surface area contributed by atoms with Gasteiger partial charge in [0.25, 0.3) is 0 Å². The van der Waals surface area contributed by atoms with Crippen molar-refractivity contribution in [1.29, 1.82) is 0 Å². The van der Waals surface area contributed by atoms with Gasteiger partial charge >= 0.3 is 6.03 Å². The number of benzene rings is 2. The second-order valence-corrected chi connectivity index (χ2v) is 8.02. The van der Waals surface area contributed by atoms with Gasteiger partial charge in [0.1, 0.15) is 0 Å². The third kappa shape index (κ3) is 4.90. The number of anilines is 1. The number of carbonyl (C=O) groups is 2. The molecule has 0 unspecified atom stereocenters. The van der Waals surface area contributed by atoms with Crippen molar-refractivity contribution in [1.82, 2.24) is 9.62 Å². The number of nitrogens with one attached hydrogen (secondary N) is 2. The summed E-state index contributed by atoms with van der Waals surface area (Å²) in [6.07, 6.45) is 0. The molecular weight excluding hydrogens is 354 g/mol. The lowest BCUT2D eigenvalue weighted by atomic mass is 10.1.